The highest BCUT2D eigenvalue weighted by molar-refractivity contribution is 5.18. The van der Waals surface area contributed by atoms with Crippen LogP contribution in [0.2, 0.25) is 0 Å². The van der Waals surface area contributed by atoms with Gasteiger partial charge in [-0.1, -0.05) is 51.1 Å². The molecule has 1 rings (SSSR count). The van der Waals surface area contributed by atoms with Crippen LogP contribution in [0.1, 0.15) is 51.5 Å². The van der Waals surface area contributed by atoms with Crippen molar-refractivity contribution in [3.05, 3.63) is 35.9 Å². The number of nitrogens with one attached hydrogen (secondary N) is 1. The average Bonchev–Trinajstić information content (AvgIpc) is 2.35. The van der Waals surface area contributed by atoms with Crippen LogP contribution in [0.25, 0.3) is 0 Å². The van der Waals surface area contributed by atoms with Crippen LogP contribution in [0.4, 0.5) is 0 Å². The molecule has 0 aliphatic rings. The highest BCUT2D eigenvalue weighted by Crippen LogP contribution is 2.17. The smallest absolute Gasteiger partial charge is 0.00618 e. The van der Waals surface area contributed by atoms with E-state index in [1.54, 1.807) is 0 Å². The summed E-state index contributed by atoms with van der Waals surface area (Å²) in [5.74, 6) is 0.656. The second-order valence-corrected chi connectivity index (χ2v) is 4.57. The second-order valence-electron chi connectivity index (χ2n) is 4.57. The Balaban J connectivity index is 2.28. The summed E-state index contributed by atoms with van der Waals surface area (Å²) < 4.78 is 0. The van der Waals surface area contributed by atoms with E-state index in [9.17, 15) is 0 Å². The Morgan fingerprint density at radius 2 is 1.69 bits per heavy atom. The Morgan fingerprint density at radius 1 is 1.06 bits per heavy atom. The van der Waals surface area contributed by atoms with Crippen LogP contribution < -0.4 is 5.32 Å². The van der Waals surface area contributed by atoms with E-state index < -0.39 is 0 Å². The fourth-order valence-corrected chi connectivity index (χ4v) is 2.03. The quantitative estimate of drug-likeness (QED) is 0.732. The largest absolute Gasteiger partial charge is 0.314 e. The van der Waals surface area contributed by atoms with Crippen LogP contribution in [0.15, 0.2) is 30.3 Å². The van der Waals surface area contributed by atoms with E-state index in [4.69, 9.17) is 0 Å². The van der Waals surface area contributed by atoms with Crippen molar-refractivity contribution < 1.29 is 0 Å². The SMILES string of the molecule is CCC(CC)NCCC(C)c1ccccc1. The Bertz CT molecular complexity index is 264. The third-order valence-corrected chi connectivity index (χ3v) is 3.36. The molecule has 0 heterocycles. The molecule has 0 aromatic heterocycles. The fraction of sp³-hybridized carbons (Fsp3) is 0.600. The standard InChI is InChI=1S/C15H25N/c1-4-15(5-2)16-12-11-13(3)14-9-7-6-8-10-14/h6-10,13,15-16H,4-5,11-12H2,1-3H3. The van der Waals surface area contributed by atoms with Gasteiger partial charge in [0.25, 0.3) is 0 Å². The van der Waals surface area contributed by atoms with Gasteiger partial charge in [0.15, 0.2) is 0 Å². The van der Waals surface area contributed by atoms with Gasteiger partial charge >= 0.3 is 0 Å². The zero-order valence-corrected chi connectivity index (χ0v) is 10.9. The summed E-state index contributed by atoms with van der Waals surface area (Å²) in [5, 5.41) is 3.62. The maximum Gasteiger partial charge on any atom is 0.00618 e. The molecule has 0 aliphatic carbocycles. The summed E-state index contributed by atoms with van der Waals surface area (Å²) in [7, 11) is 0. The minimum Gasteiger partial charge on any atom is -0.314 e. The summed E-state index contributed by atoms with van der Waals surface area (Å²) in [6.07, 6.45) is 3.69. The molecular formula is C15H25N. The zero-order chi connectivity index (χ0) is 11.8. The van der Waals surface area contributed by atoms with Gasteiger partial charge in [-0.15, -0.1) is 0 Å². The van der Waals surface area contributed by atoms with Gasteiger partial charge < -0.3 is 5.32 Å². The number of hydrogen-bond acceptors (Lipinski definition) is 1. The average molecular weight is 219 g/mol. The lowest BCUT2D eigenvalue weighted by molar-refractivity contribution is 0.466. The van der Waals surface area contributed by atoms with Gasteiger partial charge in [0.1, 0.15) is 0 Å². The van der Waals surface area contributed by atoms with Gasteiger partial charge in [-0.25, -0.2) is 0 Å². The normalized spacial score (nSPS) is 13.0. The van der Waals surface area contributed by atoms with Crippen molar-refractivity contribution in [2.24, 2.45) is 0 Å². The summed E-state index contributed by atoms with van der Waals surface area (Å²) >= 11 is 0. The van der Waals surface area contributed by atoms with Crippen molar-refractivity contribution in [1.29, 1.82) is 0 Å². The van der Waals surface area contributed by atoms with E-state index in [-0.39, 0.29) is 0 Å². The van der Waals surface area contributed by atoms with Gasteiger partial charge in [-0.2, -0.15) is 0 Å². The zero-order valence-electron chi connectivity index (χ0n) is 10.9. The summed E-state index contributed by atoms with van der Waals surface area (Å²) in [5.41, 5.74) is 1.45. The van der Waals surface area contributed by atoms with Crippen LogP contribution in [-0.2, 0) is 0 Å². The molecule has 0 amide bonds. The molecule has 16 heavy (non-hydrogen) atoms. The lowest BCUT2D eigenvalue weighted by Crippen LogP contribution is -2.29. The second kappa shape index (κ2) is 7.45. The van der Waals surface area contributed by atoms with Crippen LogP contribution >= 0.6 is 0 Å². The van der Waals surface area contributed by atoms with Crippen LogP contribution in [0.3, 0.4) is 0 Å². The molecule has 0 aliphatic heterocycles. The van der Waals surface area contributed by atoms with E-state index in [0.717, 1.165) is 6.54 Å². The summed E-state index contributed by atoms with van der Waals surface area (Å²) in [6, 6.07) is 11.5. The molecule has 1 heteroatoms. The van der Waals surface area contributed by atoms with Crippen molar-refractivity contribution >= 4 is 0 Å². The molecule has 0 radical (unpaired) electrons. The minimum atomic E-state index is 0.656. The number of hydrogen-bond donors (Lipinski definition) is 1. The van der Waals surface area contributed by atoms with Gasteiger partial charge in [0.05, 0.1) is 0 Å². The van der Waals surface area contributed by atoms with E-state index in [2.05, 4.69) is 56.4 Å². The van der Waals surface area contributed by atoms with Crippen LogP contribution in [0.5, 0.6) is 0 Å². The third-order valence-electron chi connectivity index (χ3n) is 3.36. The van der Waals surface area contributed by atoms with Crippen molar-refractivity contribution in [2.45, 2.75) is 52.0 Å². The van der Waals surface area contributed by atoms with Gasteiger partial charge in [-0.3, -0.25) is 0 Å². The monoisotopic (exact) mass is 219 g/mol. The summed E-state index contributed by atoms with van der Waals surface area (Å²) in [4.78, 5) is 0. The van der Waals surface area contributed by atoms with Crippen LogP contribution in [-0.4, -0.2) is 12.6 Å². The molecule has 1 unspecified atom stereocenters. The number of benzene rings is 1. The Morgan fingerprint density at radius 3 is 2.25 bits per heavy atom. The first-order valence-corrected chi connectivity index (χ1v) is 6.56. The highest BCUT2D eigenvalue weighted by Gasteiger charge is 2.06. The van der Waals surface area contributed by atoms with Crippen molar-refractivity contribution in [3.63, 3.8) is 0 Å². The first-order chi connectivity index (χ1) is 7.77. The van der Waals surface area contributed by atoms with E-state index in [0.29, 0.717) is 12.0 Å². The molecule has 1 atom stereocenters. The topological polar surface area (TPSA) is 12.0 Å². The molecule has 90 valence electrons. The molecule has 0 bridgehead atoms. The Kier molecular flexibility index (Phi) is 6.17. The first-order valence-electron chi connectivity index (χ1n) is 6.56. The lowest BCUT2D eigenvalue weighted by Gasteiger charge is -2.17. The first kappa shape index (κ1) is 13.2. The molecule has 1 N–H and O–H groups in total. The predicted octanol–water partition coefficient (Wildman–Crippen LogP) is 3.96. The van der Waals surface area contributed by atoms with Crippen molar-refractivity contribution in [1.82, 2.24) is 5.32 Å². The molecule has 1 aromatic carbocycles. The lowest BCUT2D eigenvalue weighted by atomic mass is 9.98. The van der Waals surface area contributed by atoms with Crippen molar-refractivity contribution in [2.75, 3.05) is 6.54 Å². The molecule has 0 fully saturated rings. The minimum absolute atomic E-state index is 0.656. The van der Waals surface area contributed by atoms with Gasteiger partial charge in [0, 0.05) is 6.04 Å². The maximum atomic E-state index is 3.62. The summed E-state index contributed by atoms with van der Waals surface area (Å²) in [6.45, 7) is 7.94. The molecule has 1 nitrogen and oxygen atoms in total. The Hall–Kier alpha value is -0.820. The molecule has 0 spiro atoms. The van der Waals surface area contributed by atoms with Gasteiger partial charge in [0.2, 0.25) is 0 Å². The highest BCUT2D eigenvalue weighted by atomic mass is 14.9. The molecule has 0 saturated heterocycles. The van der Waals surface area contributed by atoms with Crippen LogP contribution in [0, 0.1) is 0 Å². The molecule has 0 saturated carbocycles. The molecule has 1 aromatic rings. The van der Waals surface area contributed by atoms with E-state index >= 15 is 0 Å². The van der Waals surface area contributed by atoms with E-state index in [1.807, 2.05) is 0 Å². The predicted molar refractivity (Wildman–Crippen MR) is 71.8 cm³/mol. The third kappa shape index (κ3) is 4.36. The Labute approximate surface area is 100 Å². The fourth-order valence-electron chi connectivity index (χ4n) is 2.03. The maximum absolute atomic E-state index is 3.62. The van der Waals surface area contributed by atoms with Gasteiger partial charge in [-0.05, 0) is 37.3 Å². The van der Waals surface area contributed by atoms with Crippen molar-refractivity contribution in [3.8, 4) is 0 Å². The number of rotatable bonds is 7. The van der Waals surface area contributed by atoms with E-state index in [1.165, 1.54) is 24.8 Å². The molecular weight excluding hydrogens is 194 g/mol.